The van der Waals surface area contributed by atoms with E-state index in [0.717, 1.165) is 16.6 Å². The Morgan fingerprint density at radius 2 is 1.95 bits per heavy atom. The van der Waals surface area contributed by atoms with Crippen LogP contribution >= 0.6 is 0 Å². The molecule has 6 heteroatoms. The van der Waals surface area contributed by atoms with Crippen LogP contribution in [0.1, 0.15) is 18.5 Å². The number of aromatic nitrogens is 1. The number of nitrogens with zero attached hydrogens (tertiary/aromatic N) is 1. The first-order valence-corrected chi connectivity index (χ1v) is 7.97. The number of aryl methyl sites for hydroxylation is 2. The molecule has 0 spiro atoms. The average Bonchev–Trinajstić information content (AvgIpc) is 2.35. The topological polar surface area (TPSA) is 61.1 Å². The highest BCUT2D eigenvalue weighted by atomic mass is 32.2. The van der Waals surface area contributed by atoms with E-state index in [0.29, 0.717) is 19.4 Å². The number of hydrogen-bond donors (Lipinski definition) is 0. The summed E-state index contributed by atoms with van der Waals surface area (Å²) in [6.45, 7) is 2.54. The molecule has 4 nitrogen and oxygen atoms in total. The van der Waals surface area contributed by atoms with E-state index in [2.05, 4.69) is 0 Å². The molecule has 0 fully saturated rings. The Bertz CT molecular complexity index is 729. The van der Waals surface area contributed by atoms with Gasteiger partial charge < -0.3 is 4.55 Å². The van der Waals surface area contributed by atoms with Crippen LogP contribution in [0.3, 0.4) is 0 Å². The van der Waals surface area contributed by atoms with Crippen molar-refractivity contribution in [1.82, 2.24) is 0 Å². The third-order valence-electron chi connectivity index (χ3n) is 3.24. The molecule has 0 saturated heterocycles. The lowest BCUT2D eigenvalue weighted by Gasteiger charge is -2.07. The molecule has 0 atom stereocenters. The smallest absolute Gasteiger partial charge is 0.212 e. The minimum Gasteiger partial charge on any atom is -0.748 e. The highest BCUT2D eigenvalue weighted by Crippen LogP contribution is 2.13. The summed E-state index contributed by atoms with van der Waals surface area (Å²) >= 11 is 0. The van der Waals surface area contributed by atoms with Gasteiger partial charge >= 0.3 is 0 Å². The number of hydrogen-bond acceptors (Lipinski definition) is 3. The number of rotatable bonds is 5. The van der Waals surface area contributed by atoms with Crippen LogP contribution < -0.4 is 4.57 Å². The van der Waals surface area contributed by atoms with Gasteiger partial charge in [-0.3, -0.25) is 0 Å². The lowest BCUT2D eigenvalue weighted by Crippen LogP contribution is -2.38. The van der Waals surface area contributed by atoms with Gasteiger partial charge in [0.1, 0.15) is 12.4 Å². The SMILES string of the molecule is Cc1ccc2cc(F)ccc2[n+]1CCCCS(=O)(=O)[O-]. The van der Waals surface area contributed by atoms with Gasteiger partial charge in [0.05, 0.1) is 10.1 Å². The molecule has 0 bridgehead atoms. The van der Waals surface area contributed by atoms with Crippen molar-refractivity contribution < 1.29 is 21.9 Å². The fourth-order valence-electron chi connectivity index (χ4n) is 2.24. The molecule has 0 radical (unpaired) electrons. The van der Waals surface area contributed by atoms with Crippen LogP contribution in [0.4, 0.5) is 4.39 Å². The zero-order valence-corrected chi connectivity index (χ0v) is 12.0. The molecule has 0 amide bonds. The molecule has 0 aliphatic rings. The standard InChI is InChI=1S/C14H16FNO3S/c1-11-4-5-12-10-13(15)6-7-14(12)16(11)8-2-3-9-20(17,18)19/h4-7,10H,2-3,8-9H2,1H3. The molecule has 0 aliphatic carbocycles. The minimum atomic E-state index is -4.15. The maximum absolute atomic E-state index is 13.2. The quantitative estimate of drug-likeness (QED) is 0.481. The van der Waals surface area contributed by atoms with Crippen LogP contribution in [0.15, 0.2) is 30.3 Å². The van der Waals surface area contributed by atoms with Gasteiger partial charge in [0.2, 0.25) is 5.52 Å². The maximum atomic E-state index is 13.2. The van der Waals surface area contributed by atoms with Gasteiger partial charge in [0.25, 0.3) is 0 Å². The van der Waals surface area contributed by atoms with E-state index in [4.69, 9.17) is 0 Å². The van der Waals surface area contributed by atoms with Crippen molar-refractivity contribution in [3.05, 3.63) is 41.8 Å². The Morgan fingerprint density at radius 3 is 2.65 bits per heavy atom. The van der Waals surface area contributed by atoms with Gasteiger partial charge in [-0.05, 0) is 24.6 Å². The molecular weight excluding hydrogens is 281 g/mol. The van der Waals surface area contributed by atoms with Crippen LogP contribution in [0, 0.1) is 12.7 Å². The highest BCUT2D eigenvalue weighted by Gasteiger charge is 2.12. The van der Waals surface area contributed by atoms with Crippen LogP contribution in [0.25, 0.3) is 10.9 Å². The van der Waals surface area contributed by atoms with E-state index in [1.165, 1.54) is 12.1 Å². The maximum Gasteiger partial charge on any atom is 0.212 e. The molecule has 1 heterocycles. The van der Waals surface area contributed by atoms with Crippen molar-refractivity contribution in [2.45, 2.75) is 26.3 Å². The van der Waals surface area contributed by atoms with E-state index < -0.39 is 10.1 Å². The number of halogens is 1. The highest BCUT2D eigenvalue weighted by molar-refractivity contribution is 7.85. The first kappa shape index (κ1) is 14.9. The fraction of sp³-hybridized carbons (Fsp3) is 0.357. The second kappa shape index (κ2) is 5.85. The molecule has 108 valence electrons. The average molecular weight is 297 g/mol. The second-order valence-electron chi connectivity index (χ2n) is 4.80. The summed E-state index contributed by atoms with van der Waals surface area (Å²) in [5, 5.41) is 0.798. The Labute approximate surface area is 117 Å². The predicted octanol–water partition coefficient (Wildman–Crippen LogP) is 1.90. The molecule has 0 unspecified atom stereocenters. The first-order valence-electron chi connectivity index (χ1n) is 6.39. The lowest BCUT2D eigenvalue weighted by molar-refractivity contribution is -0.677. The van der Waals surface area contributed by atoms with Crippen molar-refractivity contribution in [3.8, 4) is 0 Å². The first-order chi connectivity index (χ1) is 9.37. The number of pyridine rings is 1. The van der Waals surface area contributed by atoms with Crippen LogP contribution in [0.2, 0.25) is 0 Å². The van der Waals surface area contributed by atoms with Gasteiger partial charge in [0.15, 0.2) is 5.69 Å². The minimum absolute atomic E-state index is 0.287. The van der Waals surface area contributed by atoms with Crippen molar-refractivity contribution in [2.75, 3.05) is 5.75 Å². The zero-order valence-electron chi connectivity index (χ0n) is 11.2. The van der Waals surface area contributed by atoms with Gasteiger partial charge in [-0.15, -0.1) is 0 Å². The molecule has 1 aromatic carbocycles. The molecule has 0 N–H and O–H groups in total. The van der Waals surface area contributed by atoms with Crippen molar-refractivity contribution in [2.24, 2.45) is 0 Å². The van der Waals surface area contributed by atoms with Crippen molar-refractivity contribution in [3.63, 3.8) is 0 Å². The predicted molar refractivity (Wildman–Crippen MR) is 72.6 cm³/mol. The summed E-state index contributed by atoms with van der Waals surface area (Å²) in [5.41, 5.74) is 1.91. The monoisotopic (exact) mass is 297 g/mol. The van der Waals surface area contributed by atoms with E-state index >= 15 is 0 Å². The van der Waals surface area contributed by atoms with Gasteiger partial charge in [0, 0.05) is 36.6 Å². The van der Waals surface area contributed by atoms with E-state index in [-0.39, 0.29) is 11.6 Å². The summed E-state index contributed by atoms with van der Waals surface area (Å²) in [5.74, 6) is -0.628. The Kier molecular flexibility index (Phi) is 4.35. The molecule has 1 aromatic heterocycles. The van der Waals surface area contributed by atoms with Crippen LogP contribution in [0.5, 0.6) is 0 Å². The van der Waals surface area contributed by atoms with E-state index in [1.807, 2.05) is 23.6 Å². The third kappa shape index (κ3) is 3.74. The Hall–Kier alpha value is -1.53. The van der Waals surface area contributed by atoms with Crippen molar-refractivity contribution in [1.29, 1.82) is 0 Å². The van der Waals surface area contributed by atoms with Crippen LogP contribution in [-0.2, 0) is 16.7 Å². The van der Waals surface area contributed by atoms with Gasteiger partial charge in [-0.2, -0.15) is 4.57 Å². The summed E-state index contributed by atoms with van der Waals surface area (Å²) in [7, 11) is -4.15. The lowest BCUT2D eigenvalue weighted by atomic mass is 10.1. The van der Waals surface area contributed by atoms with Crippen LogP contribution in [-0.4, -0.2) is 18.7 Å². The summed E-state index contributed by atoms with van der Waals surface area (Å²) < 4.78 is 46.9. The third-order valence-corrected chi connectivity index (χ3v) is 4.02. The molecule has 2 rings (SSSR count). The fourth-order valence-corrected chi connectivity index (χ4v) is 2.80. The molecule has 2 aromatic rings. The number of benzene rings is 1. The largest absolute Gasteiger partial charge is 0.748 e. The summed E-state index contributed by atoms with van der Waals surface area (Å²) in [4.78, 5) is 0. The van der Waals surface area contributed by atoms with Crippen molar-refractivity contribution >= 4 is 21.0 Å². The molecule has 0 aliphatic heterocycles. The Balaban J connectivity index is 2.18. The van der Waals surface area contributed by atoms with Gasteiger partial charge in [-0.25, -0.2) is 12.8 Å². The summed E-state index contributed by atoms with van der Waals surface area (Å²) in [6.07, 6.45) is 0.916. The van der Waals surface area contributed by atoms with E-state index in [9.17, 15) is 17.4 Å². The second-order valence-corrected chi connectivity index (χ2v) is 6.32. The summed E-state index contributed by atoms with van der Waals surface area (Å²) in [6, 6.07) is 8.33. The molecule has 0 saturated carbocycles. The number of unbranched alkanes of at least 4 members (excludes halogenated alkanes) is 1. The van der Waals surface area contributed by atoms with E-state index in [1.54, 1.807) is 6.07 Å². The molecular formula is C14H16FNO3S. The zero-order chi connectivity index (χ0) is 14.8. The Morgan fingerprint density at radius 1 is 1.20 bits per heavy atom. The number of fused-ring (bicyclic) bond motifs is 1. The normalized spacial score (nSPS) is 11.9. The van der Waals surface area contributed by atoms with Gasteiger partial charge in [-0.1, -0.05) is 0 Å². The molecule has 20 heavy (non-hydrogen) atoms.